The number of benzene rings is 2. The average molecular weight is 442 g/mol. The lowest BCUT2D eigenvalue weighted by Gasteiger charge is -2.18. The molecule has 1 saturated heterocycles. The molecule has 0 saturated carbocycles. The Kier molecular flexibility index (Phi) is 6.77. The lowest BCUT2D eigenvalue weighted by Crippen LogP contribution is -2.36. The van der Waals surface area contributed by atoms with Gasteiger partial charge in [0.1, 0.15) is 12.3 Å². The Bertz CT molecular complexity index is 934. The molecule has 2 aromatic rings. The van der Waals surface area contributed by atoms with Gasteiger partial charge in [-0.3, -0.25) is 9.59 Å². The van der Waals surface area contributed by atoms with E-state index in [2.05, 4.69) is 10.1 Å². The summed E-state index contributed by atoms with van der Waals surface area (Å²) >= 11 is 0. The number of amides is 2. The van der Waals surface area contributed by atoms with Crippen LogP contribution in [-0.2, 0) is 16.0 Å². The standard InChI is InChI=1S/C21H19F5N2O3/c22-20(23)31-17-7-6-16(9-14(17)8-13-4-2-1-3-5-13)27-19(30)15-10-18(29)28(11-15)12-21(24,25)26/h1-7,9,15,20H,8,10-12H2,(H,27,30). The summed E-state index contributed by atoms with van der Waals surface area (Å²) in [6.45, 7) is -4.77. The number of likely N-dealkylation sites (tertiary alicyclic amines) is 1. The van der Waals surface area contributed by atoms with Crippen molar-refractivity contribution in [2.24, 2.45) is 5.92 Å². The first-order valence-electron chi connectivity index (χ1n) is 9.38. The molecule has 1 atom stereocenters. The van der Waals surface area contributed by atoms with Crippen molar-refractivity contribution in [3.8, 4) is 5.75 Å². The van der Waals surface area contributed by atoms with Crippen LogP contribution in [0.3, 0.4) is 0 Å². The summed E-state index contributed by atoms with van der Waals surface area (Å²) in [5, 5.41) is 2.55. The largest absolute Gasteiger partial charge is 0.435 e. The van der Waals surface area contributed by atoms with Crippen LogP contribution in [0.2, 0.25) is 0 Å². The number of nitrogens with one attached hydrogen (secondary N) is 1. The minimum atomic E-state index is -4.55. The van der Waals surface area contributed by atoms with E-state index in [0.717, 1.165) is 5.56 Å². The Hall–Kier alpha value is -3.17. The Morgan fingerprint density at radius 2 is 1.87 bits per heavy atom. The van der Waals surface area contributed by atoms with Gasteiger partial charge in [0.05, 0.1) is 5.92 Å². The third-order valence-electron chi connectivity index (χ3n) is 4.74. The molecule has 1 N–H and O–H groups in total. The predicted molar refractivity (Wildman–Crippen MR) is 102 cm³/mol. The Morgan fingerprint density at radius 1 is 1.16 bits per heavy atom. The molecule has 3 rings (SSSR count). The first-order valence-corrected chi connectivity index (χ1v) is 9.38. The van der Waals surface area contributed by atoms with E-state index in [1.54, 1.807) is 24.3 Å². The fourth-order valence-electron chi connectivity index (χ4n) is 3.38. The van der Waals surface area contributed by atoms with Crippen LogP contribution in [-0.4, -0.2) is 42.6 Å². The predicted octanol–water partition coefficient (Wildman–Crippen LogP) is 4.23. The van der Waals surface area contributed by atoms with Crippen molar-refractivity contribution < 1.29 is 36.3 Å². The number of hydrogen-bond acceptors (Lipinski definition) is 3. The first-order chi connectivity index (χ1) is 14.6. The smallest absolute Gasteiger partial charge is 0.406 e. The second kappa shape index (κ2) is 9.32. The fraction of sp³-hybridized carbons (Fsp3) is 0.333. The molecule has 1 aliphatic rings. The quantitative estimate of drug-likeness (QED) is 0.653. The highest BCUT2D eigenvalue weighted by atomic mass is 19.4. The highest BCUT2D eigenvalue weighted by Crippen LogP contribution is 2.29. The van der Waals surface area contributed by atoms with Gasteiger partial charge in [-0.15, -0.1) is 0 Å². The number of halogens is 5. The van der Waals surface area contributed by atoms with Gasteiger partial charge >= 0.3 is 12.8 Å². The number of nitrogens with zero attached hydrogens (tertiary/aromatic N) is 1. The van der Waals surface area contributed by atoms with Gasteiger partial charge < -0.3 is 15.0 Å². The van der Waals surface area contributed by atoms with E-state index in [1.165, 1.54) is 18.2 Å². The number of rotatable bonds is 7. The van der Waals surface area contributed by atoms with Crippen molar-refractivity contribution in [1.82, 2.24) is 4.90 Å². The Labute approximate surface area is 174 Å². The maximum absolute atomic E-state index is 12.7. The van der Waals surface area contributed by atoms with Crippen LogP contribution in [0.5, 0.6) is 5.75 Å². The molecule has 5 nitrogen and oxygen atoms in total. The van der Waals surface area contributed by atoms with E-state index in [9.17, 15) is 31.5 Å². The van der Waals surface area contributed by atoms with Crippen LogP contribution in [0, 0.1) is 5.92 Å². The van der Waals surface area contributed by atoms with Crippen molar-refractivity contribution in [1.29, 1.82) is 0 Å². The second-order valence-corrected chi connectivity index (χ2v) is 7.14. The summed E-state index contributed by atoms with van der Waals surface area (Å²) < 4.78 is 67.7. The molecule has 31 heavy (non-hydrogen) atoms. The van der Waals surface area contributed by atoms with E-state index >= 15 is 0 Å². The number of ether oxygens (including phenoxy) is 1. The first kappa shape index (κ1) is 22.5. The molecule has 0 radical (unpaired) electrons. The summed E-state index contributed by atoms with van der Waals surface area (Å²) in [5.74, 6) is -2.36. The molecule has 1 aliphatic heterocycles. The van der Waals surface area contributed by atoms with E-state index in [-0.39, 0.29) is 30.8 Å². The van der Waals surface area contributed by atoms with Gasteiger partial charge in [-0.1, -0.05) is 30.3 Å². The molecule has 1 heterocycles. The topological polar surface area (TPSA) is 58.6 Å². The van der Waals surface area contributed by atoms with Crippen molar-refractivity contribution in [3.05, 3.63) is 59.7 Å². The van der Waals surface area contributed by atoms with Gasteiger partial charge in [0, 0.05) is 30.6 Å². The molecule has 0 spiro atoms. The summed E-state index contributed by atoms with van der Waals surface area (Å²) in [4.78, 5) is 24.9. The number of carbonyl (C=O) groups excluding carboxylic acids is 2. The Balaban J connectivity index is 1.73. The maximum atomic E-state index is 12.7. The van der Waals surface area contributed by atoms with Gasteiger partial charge in [0.15, 0.2) is 0 Å². The van der Waals surface area contributed by atoms with Crippen LogP contribution in [0.4, 0.5) is 27.6 Å². The SMILES string of the molecule is O=C(Nc1ccc(OC(F)F)c(Cc2ccccc2)c1)C1CC(=O)N(CC(F)(F)F)C1. The van der Waals surface area contributed by atoms with E-state index < -0.39 is 37.1 Å². The van der Waals surface area contributed by atoms with Crippen molar-refractivity contribution in [2.45, 2.75) is 25.6 Å². The second-order valence-electron chi connectivity index (χ2n) is 7.14. The molecular weight excluding hydrogens is 423 g/mol. The summed E-state index contributed by atoms with van der Waals surface area (Å²) in [6, 6.07) is 13.1. The lowest BCUT2D eigenvalue weighted by atomic mass is 10.0. The zero-order valence-electron chi connectivity index (χ0n) is 16.2. The molecule has 10 heteroatoms. The zero-order valence-corrected chi connectivity index (χ0v) is 16.2. The molecule has 0 aromatic heterocycles. The lowest BCUT2D eigenvalue weighted by molar-refractivity contribution is -0.157. The number of hydrogen-bond donors (Lipinski definition) is 1. The molecular formula is C21H19F5N2O3. The van der Waals surface area contributed by atoms with E-state index in [4.69, 9.17) is 0 Å². The van der Waals surface area contributed by atoms with Crippen LogP contribution in [0.15, 0.2) is 48.5 Å². The summed E-state index contributed by atoms with van der Waals surface area (Å²) in [5.41, 5.74) is 1.49. The molecule has 0 aliphatic carbocycles. The normalized spacial score (nSPS) is 16.6. The van der Waals surface area contributed by atoms with Gasteiger partial charge in [-0.05, 0) is 23.8 Å². The van der Waals surface area contributed by atoms with Crippen LogP contribution in [0.1, 0.15) is 17.5 Å². The zero-order chi connectivity index (χ0) is 22.6. The van der Waals surface area contributed by atoms with Gasteiger partial charge in [-0.25, -0.2) is 0 Å². The van der Waals surface area contributed by atoms with Crippen LogP contribution in [0.25, 0.3) is 0 Å². The number of anilines is 1. The monoisotopic (exact) mass is 442 g/mol. The maximum Gasteiger partial charge on any atom is 0.406 e. The third-order valence-corrected chi connectivity index (χ3v) is 4.74. The Morgan fingerprint density at radius 3 is 2.52 bits per heavy atom. The van der Waals surface area contributed by atoms with E-state index in [1.807, 2.05) is 6.07 Å². The fourth-order valence-corrected chi connectivity index (χ4v) is 3.38. The van der Waals surface area contributed by atoms with Crippen molar-refractivity contribution in [3.63, 3.8) is 0 Å². The molecule has 2 aromatic carbocycles. The minimum Gasteiger partial charge on any atom is -0.435 e. The van der Waals surface area contributed by atoms with Gasteiger partial charge in [-0.2, -0.15) is 22.0 Å². The average Bonchev–Trinajstić information content (AvgIpc) is 3.03. The van der Waals surface area contributed by atoms with Crippen molar-refractivity contribution in [2.75, 3.05) is 18.4 Å². The van der Waals surface area contributed by atoms with Crippen LogP contribution >= 0.6 is 0 Å². The molecule has 1 unspecified atom stereocenters. The molecule has 2 amide bonds. The third kappa shape index (κ3) is 6.40. The van der Waals surface area contributed by atoms with Gasteiger partial charge in [0.2, 0.25) is 11.8 Å². The molecule has 0 bridgehead atoms. The van der Waals surface area contributed by atoms with Gasteiger partial charge in [0.25, 0.3) is 0 Å². The molecule has 166 valence electrons. The highest BCUT2D eigenvalue weighted by molar-refractivity contribution is 5.97. The number of carbonyl (C=O) groups is 2. The highest BCUT2D eigenvalue weighted by Gasteiger charge is 2.40. The number of alkyl halides is 5. The summed E-state index contributed by atoms with van der Waals surface area (Å²) in [6.07, 6.45) is -4.62. The summed E-state index contributed by atoms with van der Waals surface area (Å²) in [7, 11) is 0. The van der Waals surface area contributed by atoms with Crippen LogP contribution < -0.4 is 10.1 Å². The van der Waals surface area contributed by atoms with Crippen molar-refractivity contribution >= 4 is 17.5 Å². The molecule has 1 fully saturated rings. The minimum absolute atomic E-state index is 0.0516. The van der Waals surface area contributed by atoms with E-state index in [0.29, 0.717) is 10.5 Å².